The lowest BCUT2D eigenvalue weighted by molar-refractivity contribution is -0.141. The van der Waals surface area contributed by atoms with Crippen LogP contribution in [0.15, 0.2) is 0 Å². The fraction of sp³-hybridized carbons (Fsp3) is 0.636. The molecule has 22 heavy (non-hydrogen) atoms. The highest BCUT2D eigenvalue weighted by Gasteiger charge is 2.29. The van der Waals surface area contributed by atoms with Crippen LogP contribution in [-0.2, 0) is 19.2 Å². The predicted octanol–water partition coefficient (Wildman–Crippen LogP) is -1.37. The molecule has 0 saturated carbocycles. The number of carbonyl (C=O) groups is 4. The molecule has 0 spiro atoms. The van der Waals surface area contributed by atoms with E-state index in [0.717, 1.165) is 0 Å². The lowest BCUT2D eigenvalue weighted by Crippen LogP contribution is -2.54. The molecule has 1 saturated heterocycles. The lowest BCUT2D eigenvalue weighted by Gasteiger charge is -2.23. The Morgan fingerprint density at radius 3 is 2.55 bits per heavy atom. The van der Waals surface area contributed by atoms with Gasteiger partial charge in [-0.05, 0) is 6.42 Å². The molecule has 11 heteroatoms. The Hall–Kier alpha value is -1.46. The van der Waals surface area contributed by atoms with Crippen molar-refractivity contribution in [1.82, 2.24) is 10.6 Å². The maximum absolute atomic E-state index is 11.9. The van der Waals surface area contributed by atoms with Crippen molar-refractivity contribution in [2.24, 2.45) is 5.73 Å². The quantitative estimate of drug-likeness (QED) is 0.364. The van der Waals surface area contributed by atoms with Crippen LogP contribution in [0.1, 0.15) is 12.8 Å². The summed E-state index contributed by atoms with van der Waals surface area (Å²) in [5.74, 6) is -2.89. The standard InChI is InChI=1S/C11H17N3O6S2/c12-5(10(17)18)1-2-8(15)13-6-3-21-22-4-7(11(19)20)14-9(6)16/h5-7H,1-4,12H2,(H,13,15)(H,14,16)(H,17,18)(H,19,20). The highest BCUT2D eigenvalue weighted by molar-refractivity contribution is 8.76. The van der Waals surface area contributed by atoms with Crippen LogP contribution in [0.2, 0.25) is 0 Å². The monoisotopic (exact) mass is 351 g/mol. The minimum atomic E-state index is -1.20. The summed E-state index contributed by atoms with van der Waals surface area (Å²) in [7, 11) is 2.58. The molecule has 6 N–H and O–H groups in total. The summed E-state index contributed by atoms with van der Waals surface area (Å²) >= 11 is 0. The van der Waals surface area contributed by atoms with Crippen LogP contribution >= 0.6 is 21.6 Å². The molecule has 0 aromatic rings. The number of hydrogen-bond acceptors (Lipinski definition) is 7. The van der Waals surface area contributed by atoms with Gasteiger partial charge in [-0.25, -0.2) is 4.79 Å². The Balaban J connectivity index is 2.51. The van der Waals surface area contributed by atoms with Crippen LogP contribution in [0.4, 0.5) is 0 Å². The van der Waals surface area contributed by atoms with Crippen molar-refractivity contribution in [2.75, 3.05) is 11.5 Å². The molecule has 9 nitrogen and oxygen atoms in total. The molecule has 2 amide bonds. The number of carboxylic acid groups (broad SMARTS) is 2. The zero-order valence-electron chi connectivity index (χ0n) is 11.5. The first-order valence-corrected chi connectivity index (χ1v) is 8.85. The van der Waals surface area contributed by atoms with Crippen molar-refractivity contribution < 1.29 is 29.4 Å². The van der Waals surface area contributed by atoms with Crippen molar-refractivity contribution >= 4 is 45.3 Å². The SMILES string of the molecule is NC(CCC(=O)NC1CSSCC(C(=O)O)NC1=O)C(=O)O. The zero-order chi connectivity index (χ0) is 16.7. The molecular formula is C11H17N3O6S2. The van der Waals surface area contributed by atoms with Crippen LogP contribution in [-0.4, -0.2) is 63.6 Å². The van der Waals surface area contributed by atoms with E-state index in [-0.39, 0.29) is 18.6 Å². The van der Waals surface area contributed by atoms with E-state index in [4.69, 9.17) is 15.9 Å². The summed E-state index contributed by atoms with van der Waals surface area (Å²) in [5, 5.41) is 22.4. The molecule has 1 fully saturated rings. The van der Waals surface area contributed by atoms with Crippen molar-refractivity contribution in [3.8, 4) is 0 Å². The van der Waals surface area contributed by atoms with Crippen molar-refractivity contribution in [2.45, 2.75) is 31.0 Å². The highest BCUT2D eigenvalue weighted by atomic mass is 33.1. The van der Waals surface area contributed by atoms with E-state index in [9.17, 15) is 19.2 Å². The van der Waals surface area contributed by atoms with Gasteiger partial charge in [0.2, 0.25) is 11.8 Å². The largest absolute Gasteiger partial charge is 0.480 e. The number of hydrogen-bond donors (Lipinski definition) is 5. The molecule has 1 aliphatic rings. The maximum atomic E-state index is 11.9. The Morgan fingerprint density at radius 1 is 1.32 bits per heavy atom. The fourth-order valence-corrected chi connectivity index (χ4v) is 3.86. The van der Waals surface area contributed by atoms with Gasteiger partial charge in [-0.2, -0.15) is 0 Å². The van der Waals surface area contributed by atoms with E-state index in [2.05, 4.69) is 10.6 Å². The molecule has 124 valence electrons. The van der Waals surface area contributed by atoms with Crippen molar-refractivity contribution in [3.05, 3.63) is 0 Å². The van der Waals surface area contributed by atoms with Crippen molar-refractivity contribution in [1.29, 1.82) is 0 Å². The summed E-state index contributed by atoms with van der Waals surface area (Å²) < 4.78 is 0. The summed E-state index contributed by atoms with van der Waals surface area (Å²) in [6.07, 6.45) is -0.174. The van der Waals surface area contributed by atoms with Gasteiger partial charge in [0.25, 0.3) is 0 Å². The van der Waals surface area contributed by atoms with Gasteiger partial charge < -0.3 is 26.6 Å². The van der Waals surface area contributed by atoms with Gasteiger partial charge in [-0.3, -0.25) is 14.4 Å². The normalized spacial score (nSPS) is 23.6. The van der Waals surface area contributed by atoms with Gasteiger partial charge in [0.1, 0.15) is 18.1 Å². The molecule has 1 aliphatic heterocycles. The van der Waals surface area contributed by atoms with E-state index < -0.39 is 41.9 Å². The third-order valence-electron chi connectivity index (χ3n) is 2.82. The second-order valence-corrected chi connectivity index (χ2v) is 7.12. The maximum Gasteiger partial charge on any atom is 0.327 e. The number of carboxylic acids is 2. The molecule has 3 atom stereocenters. The zero-order valence-corrected chi connectivity index (χ0v) is 13.1. The molecular weight excluding hydrogens is 334 g/mol. The Kier molecular flexibility index (Phi) is 7.48. The van der Waals surface area contributed by atoms with Crippen LogP contribution in [0.3, 0.4) is 0 Å². The smallest absolute Gasteiger partial charge is 0.327 e. The molecule has 0 radical (unpaired) electrons. The Labute approximate surface area is 134 Å². The highest BCUT2D eigenvalue weighted by Crippen LogP contribution is 2.24. The van der Waals surface area contributed by atoms with Crippen molar-refractivity contribution in [3.63, 3.8) is 0 Å². The van der Waals surface area contributed by atoms with Gasteiger partial charge in [0, 0.05) is 17.9 Å². The topological polar surface area (TPSA) is 159 Å². The third-order valence-corrected chi connectivity index (χ3v) is 5.24. The number of carbonyl (C=O) groups excluding carboxylic acids is 2. The Morgan fingerprint density at radius 2 is 1.95 bits per heavy atom. The van der Waals surface area contributed by atoms with Crippen LogP contribution in [0.25, 0.3) is 0 Å². The molecule has 0 aliphatic carbocycles. The van der Waals surface area contributed by atoms with Gasteiger partial charge in [-0.1, -0.05) is 21.6 Å². The van der Waals surface area contributed by atoms with E-state index >= 15 is 0 Å². The number of nitrogens with two attached hydrogens (primary N) is 1. The number of nitrogens with one attached hydrogen (secondary N) is 2. The molecule has 1 rings (SSSR count). The van der Waals surface area contributed by atoms with E-state index in [1.807, 2.05) is 0 Å². The summed E-state index contributed by atoms with van der Waals surface area (Å²) in [4.78, 5) is 45.2. The van der Waals surface area contributed by atoms with Crippen LogP contribution < -0.4 is 16.4 Å². The first-order valence-electron chi connectivity index (χ1n) is 6.36. The molecule has 0 aromatic carbocycles. The first kappa shape index (κ1) is 18.6. The summed E-state index contributed by atoms with van der Waals surface area (Å²) in [6.45, 7) is 0. The van der Waals surface area contributed by atoms with Gasteiger partial charge in [0.15, 0.2) is 0 Å². The van der Waals surface area contributed by atoms with Crippen LogP contribution in [0, 0.1) is 0 Å². The second kappa shape index (κ2) is 8.86. The fourth-order valence-electron chi connectivity index (χ4n) is 1.54. The predicted molar refractivity (Wildman–Crippen MR) is 81.3 cm³/mol. The number of rotatable bonds is 6. The van der Waals surface area contributed by atoms with E-state index in [1.165, 1.54) is 21.6 Å². The van der Waals surface area contributed by atoms with Gasteiger partial charge >= 0.3 is 11.9 Å². The Bertz CT molecular complexity index is 461. The molecule has 0 bridgehead atoms. The minimum Gasteiger partial charge on any atom is -0.480 e. The third kappa shape index (κ3) is 6.12. The lowest BCUT2D eigenvalue weighted by atomic mass is 10.1. The first-order chi connectivity index (χ1) is 10.3. The molecule has 3 unspecified atom stereocenters. The van der Waals surface area contributed by atoms with Gasteiger partial charge in [-0.15, -0.1) is 0 Å². The molecule has 0 aromatic heterocycles. The number of aliphatic carboxylic acids is 2. The van der Waals surface area contributed by atoms with Gasteiger partial charge in [0.05, 0.1) is 0 Å². The van der Waals surface area contributed by atoms with E-state index in [0.29, 0.717) is 5.75 Å². The minimum absolute atomic E-state index is 0.0465. The average molecular weight is 351 g/mol. The summed E-state index contributed by atoms with van der Waals surface area (Å²) in [6, 6.07) is -3.02. The second-order valence-electron chi connectivity index (χ2n) is 4.57. The molecule has 1 heterocycles. The average Bonchev–Trinajstić information content (AvgIpc) is 2.43. The summed E-state index contributed by atoms with van der Waals surface area (Å²) in [5.41, 5.74) is 5.29. The van der Waals surface area contributed by atoms with Crippen LogP contribution in [0.5, 0.6) is 0 Å². The van der Waals surface area contributed by atoms with E-state index in [1.54, 1.807) is 0 Å². The number of amides is 2.